The molecule has 1 aromatic carbocycles. The van der Waals surface area contributed by atoms with Gasteiger partial charge in [-0.3, -0.25) is 10.1 Å². The lowest BCUT2D eigenvalue weighted by atomic mass is 10.2. The number of hydrogen-bond acceptors (Lipinski definition) is 6. The van der Waals surface area contributed by atoms with Gasteiger partial charge in [-0.15, -0.1) is 22.7 Å². The molecular formula is C19H20ClN3O3S3. The summed E-state index contributed by atoms with van der Waals surface area (Å²) in [7, 11) is -1.99. The molecule has 0 fully saturated rings. The molecular weight excluding hydrogens is 450 g/mol. The summed E-state index contributed by atoms with van der Waals surface area (Å²) < 4.78 is 27.1. The molecule has 1 N–H and O–H groups in total. The first kappa shape index (κ1) is 21.9. The standard InChI is InChI=1S/C19H20ClN3O3S3/c1-3-4-11-23(2)29(25,26)14-7-5-13(6-8-14)18(24)22-19-21-15(12-27-19)16-9-10-17(20)28-16/h5-10,12H,3-4,11H2,1-2H3,(H,21,22,24). The second-order valence-corrected chi connectivity index (χ2v) is 10.9. The molecule has 3 aromatic rings. The molecule has 0 radical (unpaired) electrons. The molecule has 3 rings (SSSR count). The molecule has 2 aromatic heterocycles. The van der Waals surface area contributed by atoms with Crippen molar-refractivity contribution in [2.24, 2.45) is 0 Å². The fourth-order valence-electron chi connectivity index (χ4n) is 2.52. The molecule has 29 heavy (non-hydrogen) atoms. The number of nitrogens with zero attached hydrogens (tertiary/aromatic N) is 2. The summed E-state index contributed by atoms with van der Waals surface area (Å²) in [6.45, 7) is 2.47. The molecule has 0 aliphatic rings. The minimum Gasteiger partial charge on any atom is -0.298 e. The molecule has 0 spiro atoms. The smallest absolute Gasteiger partial charge is 0.257 e. The Bertz CT molecular complexity index is 1090. The molecule has 0 saturated carbocycles. The second-order valence-electron chi connectivity index (χ2n) is 6.30. The summed E-state index contributed by atoms with van der Waals surface area (Å²) in [6, 6.07) is 9.59. The Morgan fingerprint density at radius 1 is 1.21 bits per heavy atom. The van der Waals surface area contributed by atoms with Crippen LogP contribution in [0, 0.1) is 0 Å². The number of aromatic nitrogens is 1. The van der Waals surface area contributed by atoms with Crippen LogP contribution in [0.15, 0.2) is 46.7 Å². The van der Waals surface area contributed by atoms with E-state index in [4.69, 9.17) is 11.6 Å². The maximum Gasteiger partial charge on any atom is 0.257 e. The number of carbonyl (C=O) groups is 1. The van der Waals surface area contributed by atoms with Crippen LogP contribution in [0.2, 0.25) is 4.34 Å². The number of unbranched alkanes of at least 4 members (excludes halogenated alkanes) is 1. The number of carbonyl (C=O) groups excluding carboxylic acids is 1. The van der Waals surface area contributed by atoms with Crippen LogP contribution in [0.3, 0.4) is 0 Å². The van der Waals surface area contributed by atoms with E-state index in [9.17, 15) is 13.2 Å². The molecule has 154 valence electrons. The number of thiazole rings is 1. The Labute approximate surface area is 183 Å². The van der Waals surface area contributed by atoms with E-state index >= 15 is 0 Å². The van der Waals surface area contributed by atoms with Crippen molar-refractivity contribution in [2.75, 3.05) is 18.9 Å². The van der Waals surface area contributed by atoms with Gasteiger partial charge in [-0.2, -0.15) is 0 Å². The number of anilines is 1. The summed E-state index contributed by atoms with van der Waals surface area (Å²) in [6.07, 6.45) is 1.71. The van der Waals surface area contributed by atoms with E-state index in [1.807, 2.05) is 18.4 Å². The van der Waals surface area contributed by atoms with Crippen LogP contribution in [-0.4, -0.2) is 37.2 Å². The number of amides is 1. The molecule has 10 heteroatoms. The third-order valence-electron chi connectivity index (χ3n) is 4.20. The topological polar surface area (TPSA) is 79.4 Å². The van der Waals surface area contributed by atoms with Crippen LogP contribution in [0.1, 0.15) is 30.1 Å². The van der Waals surface area contributed by atoms with Crippen LogP contribution in [0.5, 0.6) is 0 Å². The molecule has 6 nitrogen and oxygen atoms in total. The highest BCUT2D eigenvalue weighted by atomic mass is 35.5. The number of sulfonamides is 1. The van der Waals surface area contributed by atoms with Crippen molar-refractivity contribution < 1.29 is 13.2 Å². The Hall–Kier alpha value is -1.78. The number of rotatable bonds is 8. The van der Waals surface area contributed by atoms with Crippen LogP contribution in [0.25, 0.3) is 10.6 Å². The Morgan fingerprint density at radius 2 is 1.93 bits per heavy atom. The van der Waals surface area contributed by atoms with Crippen molar-refractivity contribution in [3.63, 3.8) is 0 Å². The van der Waals surface area contributed by atoms with Crippen LogP contribution in [-0.2, 0) is 10.0 Å². The van der Waals surface area contributed by atoms with Gasteiger partial charge < -0.3 is 0 Å². The maximum atomic E-state index is 12.6. The first-order chi connectivity index (χ1) is 13.8. The molecule has 0 unspecified atom stereocenters. The lowest BCUT2D eigenvalue weighted by Crippen LogP contribution is -2.28. The lowest BCUT2D eigenvalue weighted by Gasteiger charge is -2.16. The van der Waals surface area contributed by atoms with Gasteiger partial charge in [0, 0.05) is 24.5 Å². The van der Waals surface area contributed by atoms with Gasteiger partial charge in [0.2, 0.25) is 10.0 Å². The van der Waals surface area contributed by atoms with E-state index in [-0.39, 0.29) is 10.8 Å². The van der Waals surface area contributed by atoms with Gasteiger partial charge in [0.15, 0.2) is 5.13 Å². The van der Waals surface area contributed by atoms with Gasteiger partial charge in [-0.1, -0.05) is 24.9 Å². The van der Waals surface area contributed by atoms with Crippen molar-refractivity contribution in [3.05, 3.63) is 51.7 Å². The second kappa shape index (κ2) is 9.36. The summed E-state index contributed by atoms with van der Waals surface area (Å²) in [5, 5.41) is 5.05. The van der Waals surface area contributed by atoms with Crippen molar-refractivity contribution in [3.8, 4) is 10.6 Å². The maximum absolute atomic E-state index is 12.6. The Balaban J connectivity index is 1.69. The van der Waals surface area contributed by atoms with Crippen LogP contribution >= 0.6 is 34.3 Å². The number of hydrogen-bond donors (Lipinski definition) is 1. The van der Waals surface area contributed by atoms with E-state index < -0.39 is 10.0 Å². The zero-order valence-corrected chi connectivity index (χ0v) is 19.1. The average molecular weight is 470 g/mol. The first-order valence-electron chi connectivity index (χ1n) is 8.90. The van der Waals surface area contributed by atoms with Gasteiger partial charge in [-0.05, 0) is 42.8 Å². The highest BCUT2D eigenvalue weighted by Crippen LogP contribution is 2.33. The Kier molecular flexibility index (Phi) is 7.07. The monoisotopic (exact) mass is 469 g/mol. The molecule has 0 bridgehead atoms. The molecule has 2 heterocycles. The third kappa shape index (κ3) is 5.23. The van der Waals surface area contributed by atoms with Crippen LogP contribution < -0.4 is 5.32 Å². The van der Waals surface area contributed by atoms with Gasteiger partial charge in [0.05, 0.1) is 19.8 Å². The molecule has 0 saturated heterocycles. The van der Waals surface area contributed by atoms with E-state index in [2.05, 4.69) is 10.3 Å². The van der Waals surface area contributed by atoms with E-state index in [1.165, 1.54) is 51.2 Å². The number of thiophene rings is 1. The van der Waals surface area contributed by atoms with Crippen LogP contribution in [0.4, 0.5) is 5.13 Å². The quantitative estimate of drug-likeness (QED) is 0.491. The molecule has 0 aliphatic heterocycles. The fourth-order valence-corrected chi connectivity index (χ4v) is 5.52. The zero-order valence-electron chi connectivity index (χ0n) is 15.9. The van der Waals surface area contributed by atoms with E-state index in [0.29, 0.717) is 21.6 Å². The van der Waals surface area contributed by atoms with Crippen molar-refractivity contribution >= 4 is 55.3 Å². The first-order valence-corrected chi connectivity index (χ1v) is 12.4. The summed E-state index contributed by atoms with van der Waals surface area (Å²) in [5.41, 5.74) is 1.11. The highest BCUT2D eigenvalue weighted by molar-refractivity contribution is 7.89. The predicted octanol–water partition coefficient (Wildman–Crippen LogP) is 5.20. The van der Waals surface area contributed by atoms with Gasteiger partial charge >= 0.3 is 0 Å². The fraction of sp³-hybridized carbons (Fsp3) is 0.263. The minimum atomic E-state index is -3.56. The van der Waals surface area contributed by atoms with E-state index in [1.54, 1.807) is 13.1 Å². The summed E-state index contributed by atoms with van der Waals surface area (Å²) >= 11 is 8.68. The molecule has 0 atom stereocenters. The highest BCUT2D eigenvalue weighted by Gasteiger charge is 2.20. The van der Waals surface area contributed by atoms with Crippen molar-refractivity contribution in [1.29, 1.82) is 0 Å². The number of halogens is 1. The Morgan fingerprint density at radius 3 is 2.55 bits per heavy atom. The predicted molar refractivity (Wildman–Crippen MR) is 120 cm³/mol. The van der Waals surface area contributed by atoms with Gasteiger partial charge in [-0.25, -0.2) is 17.7 Å². The summed E-state index contributed by atoms with van der Waals surface area (Å²) in [4.78, 5) is 18.0. The largest absolute Gasteiger partial charge is 0.298 e. The minimum absolute atomic E-state index is 0.166. The zero-order chi connectivity index (χ0) is 21.0. The summed E-state index contributed by atoms with van der Waals surface area (Å²) in [5.74, 6) is -0.349. The van der Waals surface area contributed by atoms with E-state index in [0.717, 1.165) is 23.4 Å². The average Bonchev–Trinajstić information content (AvgIpc) is 3.35. The SMILES string of the molecule is CCCCN(C)S(=O)(=O)c1ccc(C(=O)Nc2nc(-c3ccc(Cl)s3)cs2)cc1. The van der Waals surface area contributed by atoms with Gasteiger partial charge in [0.25, 0.3) is 5.91 Å². The number of benzene rings is 1. The van der Waals surface area contributed by atoms with Crippen molar-refractivity contribution in [2.45, 2.75) is 24.7 Å². The molecule has 1 amide bonds. The van der Waals surface area contributed by atoms with Crippen molar-refractivity contribution in [1.82, 2.24) is 9.29 Å². The normalized spacial score (nSPS) is 11.7. The molecule has 0 aliphatic carbocycles. The number of nitrogens with one attached hydrogen (secondary N) is 1. The third-order valence-corrected chi connectivity index (χ3v) is 8.08. The van der Waals surface area contributed by atoms with Gasteiger partial charge in [0.1, 0.15) is 0 Å². The lowest BCUT2D eigenvalue weighted by molar-refractivity contribution is 0.102.